The smallest absolute Gasteiger partial charge is 0.244 e. The first-order valence-electron chi connectivity index (χ1n) is 7.70. The summed E-state index contributed by atoms with van der Waals surface area (Å²) < 4.78 is 5.95. The van der Waals surface area contributed by atoms with Gasteiger partial charge in [0.2, 0.25) is 5.91 Å². The molecule has 1 aromatic rings. The van der Waals surface area contributed by atoms with Crippen molar-refractivity contribution in [1.29, 1.82) is 0 Å². The van der Waals surface area contributed by atoms with Crippen molar-refractivity contribution in [2.24, 2.45) is 11.7 Å². The summed E-state index contributed by atoms with van der Waals surface area (Å²) in [7, 11) is 0. The third-order valence-electron chi connectivity index (χ3n) is 4.22. The molecule has 116 valence electrons. The quantitative estimate of drug-likeness (QED) is 0.771. The normalized spacial score (nSPS) is 19.2. The first-order chi connectivity index (χ1) is 9.95. The van der Waals surface area contributed by atoms with E-state index in [4.69, 9.17) is 10.5 Å². The summed E-state index contributed by atoms with van der Waals surface area (Å²) in [6.07, 6.45) is 2.25. The summed E-state index contributed by atoms with van der Waals surface area (Å²) in [5.74, 6) is 0.0174. The van der Waals surface area contributed by atoms with E-state index in [2.05, 4.69) is 19.2 Å². The minimum absolute atomic E-state index is 0.0773. The lowest BCUT2D eigenvalue weighted by Gasteiger charge is -2.34. The Hall–Kier alpha value is -1.39. The molecular formula is C17H26N2O2. The molecule has 0 aliphatic heterocycles. The van der Waals surface area contributed by atoms with Gasteiger partial charge in [0.05, 0.1) is 12.7 Å². The Morgan fingerprint density at radius 2 is 1.95 bits per heavy atom. The molecule has 0 radical (unpaired) electrons. The van der Waals surface area contributed by atoms with Crippen LogP contribution in [0.4, 0.5) is 0 Å². The van der Waals surface area contributed by atoms with E-state index in [-0.39, 0.29) is 18.6 Å². The fourth-order valence-corrected chi connectivity index (χ4v) is 2.24. The molecule has 1 fully saturated rings. The number of nitrogens with two attached hydrogens (primary N) is 1. The second-order valence-corrected chi connectivity index (χ2v) is 6.31. The number of hydrogen-bond acceptors (Lipinski definition) is 3. The van der Waals surface area contributed by atoms with Crippen LogP contribution in [0.25, 0.3) is 0 Å². The molecule has 2 atom stereocenters. The molecule has 1 aliphatic rings. The maximum atomic E-state index is 12.2. The number of carbonyl (C=O) groups excluding carboxylic acids is 1. The maximum absolute atomic E-state index is 12.2. The molecule has 21 heavy (non-hydrogen) atoms. The van der Waals surface area contributed by atoms with Crippen LogP contribution < -0.4 is 11.1 Å². The van der Waals surface area contributed by atoms with Crippen molar-refractivity contribution >= 4 is 5.91 Å². The second kappa shape index (κ2) is 6.58. The number of primary amides is 1. The number of nitrogens with one attached hydrogen (secondary N) is 1. The summed E-state index contributed by atoms with van der Waals surface area (Å²) in [5.41, 5.74) is 5.70. The summed E-state index contributed by atoms with van der Waals surface area (Å²) in [4.78, 5) is 12.2. The third kappa shape index (κ3) is 3.83. The van der Waals surface area contributed by atoms with E-state index in [0.29, 0.717) is 12.0 Å². The lowest BCUT2D eigenvalue weighted by Crippen LogP contribution is -2.57. The number of rotatable bonds is 8. The summed E-state index contributed by atoms with van der Waals surface area (Å²) >= 11 is 0. The second-order valence-electron chi connectivity index (χ2n) is 6.31. The number of carbonyl (C=O) groups is 1. The highest BCUT2D eigenvalue weighted by Gasteiger charge is 2.43. The van der Waals surface area contributed by atoms with Crippen molar-refractivity contribution in [3.63, 3.8) is 0 Å². The lowest BCUT2D eigenvalue weighted by molar-refractivity contribution is -0.129. The number of amides is 1. The van der Waals surface area contributed by atoms with Crippen molar-refractivity contribution in [1.82, 2.24) is 5.32 Å². The Morgan fingerprint density at radius 1 is 1.33 bits per heavy atom. The van der Waals surface area contributed by atoms with Gasteiger partial charge in [0, 0.05) is 6.04 Å². The molecule has 1 amide bonds. The zero-order chi connectivity index (χ0) is 15.5. The standard InChI is InChI=1S/C17H26N2O2/c1-12(2)13(3)21-11-17(16(18)20,19-15-9-10-15)14-7-5-4-6-8-14/h4-8,12-13,15,19H,9-11H2,1-3H3,(H2,18,20). The van der Waals surface area contributed by atoms with Crippen molar-refractivity contribution < 1.29 is 9.53 Å². The monoisotopic (exact) mass is 290 g/mol. The van der Waals surface area contributed by atoms with E-state index in [0.717, 1.165) is 18.4 Å². The Labute approximate surface area is 127 Å². The molecule has 1 aromatic carbocycles. The molecule has 1 aliphatic carbocycles. The van der Waals surface area contributed by atoms with Crippen LogP contribution in [0.1, 0.15) is 39.2 Å². The molecule has 4 nitrogen and oxygen atoms in total. The predicted molar refractivity (Wildman–Crippen MR) is 83.7 cm³/mol. The number of benzene rings is 1. The van der Waals surface area contributed by atoms with Gasteiger partial charge in [0.15, 0.2) is 0 Å². The number of hydrogen-bond donors (Lipinski definition) is 2. The maximum Gasteiger partial charge on any atom is 0.244 e. The van der Waals surface area contributed by atoms with E-state index in [9.17, 15) is 4.79 Å². The fourth-order valence-electron chi connectivity index (χ4n) is 2.24. The van der Waals surface area contributed by atoms with Gasteiger partial charge in [-0.2, -0.15) is 0 Å². The summed E-state index contributed by atoms with van der Waals surface area (Å²) in [6, 6.07) is 10.0. The summed E-state index contributed by atoms with van der Waals surface area (Å²) in [5, 5.41) is 3.41. The minimum Gasteiger partial charge on any atom is -0.375 e. The molecule has 3 N–H and O–H groups in total. The van der Waals surface area contributed by atoms with Gasteiger partial charge in [0.1, 0.15) is 5.54 Å². The van der Waals surface area contributed by atoms with Crippen LogP contribution >= 0.6 is 0 Å². The van der Waals surface area contributed by atoms with Crippen molar-refractivity contribution in [2.45, 2.75) is 51.3 Å². The van der Waals surface area contributed by atoms with Crippen LogP contribution in [0.2, 0.25) is 0 Å². The van der Waals surface area contributed by atoms with Gasteiger partial charge >= 0.3 is 0 Å². The van der Waals surface area contributed by atoms with Crippen molar-refractivity contribution in [3.05, 3.63) is 35.9 Å². The zero-order valence-corrected chi connectivity index (χ0v) is 13.1. The number of ether oxygens (including phenoxy) is 1. The molecular weight excluding hydrogens is 264 g/mol. The van der Waals surface area contributed by atoms with E-state index >= 15 is 0 Å². The molecule has 0 bridgehead atoms. The Kier molecular flexibility index (Phi) is 5.01. The van der Waals surface area contributed by atoms with Gasteiger partial charge in [-0.05, 0) is 31.2 Å². The average Bonchev–Trinajstić information content (AvgIpc) is 3.27. The highest BCUT2D eigenvalue weighted by Crippen LogP contribution is 2.29. The molecule has 2 rings (SSSR count). The van der Waals surface area contributed by atoms with Crippen LogP contribution in [0, 0.1) is 5.92 Å². The Balaban J connectivity index is 2.25. The highest BCUT2D eigenvalue weighted by atomic mass is 16.5. The van der Waals surface area contributed by atoms with Gasteiger partial charge in [-0.1, -0.05) is 44.2 Å². The van der Waals surface area contributed by atoms with Crippen LogP contribution in [-0.4, -0.2) is 24.7 Å². The van der Waals surface area contributed by atoms with E-state index < -0.39 is 5.54 Å². The fraction of sp³-hybridized carbons (Fsp3) is 0.588. The Morgan fingerprint density at radius 3 is 2.43 bits per heavy atom. The average molecular weight is 290 g/mol. The predicted octanol–water partition coefficient (Wildman–Crippen LogP) is 2.18. The highest BCUT2D eigenvalue weighted by molar-refractivity contribution is 5.86. The first kappa shape index (κ1) is 16.0. The third-order valence-corrected chi connectivity index (χ3v) is 4.22. The largest absolute Gasteiger partial charge is 0.375 e. The van der Waals surface area contributed by atoms with Crippen molar-refractivity contribution in [2.75, 3.05) is 6.61 Å². The molecule has 0 heterocycles. The molecule has 0 spiro atoms. The zero-order valence-electron chi connectivity index (χ0n) is 13.1. The van der Waals surface area contributed by atoms with E-state index in [1.165, 1.54) is 0 Å². The van der Waals surface area contributed by atoms with E-state index in [1.807, 2.05) is 37.3 Å². The molecule has 4 heteroatoms. The molecule has 0 aromatic heterocycles. The van der Waals surface area contributed by atoms with Gasteiger partial charge in [-0.3, -0.25) is 10.1 Å². The first-order valence-corrected chi connectivity index (χ1v) is 7.70. The van der Waals surface area contributed by atoms with Gasteiger partial charge in [-0.25, -0.2) is 0 Å². The van der Waals surface area contributed by atoms with E-state index in [1.54, 1.807) is 0 Å². The lowest BCUT2D eigenvalue weighted by atomic mass is 9.89. The van der Waals surface area contributed by atoms with Crippen LogP contribution in [0.3, 0.4) is 0 Å². The topological polar surface area (TPSA) is 64.3 Å². The Bertz CT molecular complexity index is 471. The van der Waals surface area contributed by atoms with Crippen molar-refractivity contribution in [3.8, 4) is 0 Å². The SMILES string of the molecule is CC(C)C(C)OCC(NC1CC1)(C(N)=O)c1ccccc1. The molecule has 1 saturated carbocycles. The minimum atomic E-state index is -0.939. The summed E-state index contributed by atoms with van der Waals surface area (Å²) in [6.45, 7) is 6.50. The van der Waals surface area contributed by atoms with Crippen LogP contribution in [-0.2, 0) is 15.1 Å². The molecule has 0 saturated heterocycles. The van der Waals surface area contributed by atoms with Crippen LogP contribution in [0.15, 0.2) is 30.3 Å². The van der Waals surface area contributed by atoms with Gasteiger partial charge in [0.25, 0.3) is 0 Å². The van der Waals surface area contributed by atoms with Crippen LogP contribution in [0.5, 0.6) is 0 Å². The van der Waals surface area contributed by atoms with Gasteiger partial charge in [-0.15, -0.1) is 0 Å². The molecule has 2 unspecified atom stereocenters. The van der Waals surface area contributed by atoms with Gasteiger partial charge < -0.3 is 10.5 Å².